The fourth-order valence-electron chi connectivity index (χ4n) is 7.84. The van der Waals surface area contributed by atoms with Gasteiger partial charge >= 0.3 is 0 Å². The number of hydrogen-bond donors (Lipinski definition) is 1. The van der Waals surface area contributed by atoms with E-state index < -0.39 is 0 Å². The number of ether oxygens (including phenoxy) is 1. The van der Waals surface area contributed by atoms with Gasteiger partial charge in [0.15, 0.2) is 12.0 Å². The topological polar surface area (TPSA) is 118 Å². The Kier molecular flexibility index (Phi) is 5.96. The molecule has 5 heterocycles. The van der Waals surface area contributed by atoms with Crippen molar-refractivity contribution in [3.8, 4) is 28.5 Å². The average Bonchev–Trinajstić information content (AvgIpc) is 3.47. The molecule has 2 unspecified atom stereocenters. The summed E-state index contributed by atoms with van der Waals surface area (Å²) in [5.41, 5.74) is 12.9. The Morgan fingerprint density at radius 3 is 2.67 bits per heavy atom. The van der Waals surface area contributed by atoms with Gasteiger partial charge in [0.25, 0.3) is 5.91 Å². The Balaban J connectivity index is 1.15. The molecular formula is C36H35N7O3. The van der Waals surface area contributed by atoms with E-state index in [1.54, 1.807) is 13.2 Å². The minimum absolute atomic E-state index is 0.00612. The predicted octanol–water partition coefficient (Wildman–Crippen LogP) is 5.02. The summed E-state index contributed by atoms with van der Waals surface area (Å²) in [6.07, 6.45) is 5.97. The number of amides is 1. The number of carbonyl (C=O) groups is 1. The van der Waals surface area contributed by atoms with Gasteiger partial charge in [-0.1, -0.05) is 0 Å². The Labute approximate surface area is 265 Å². The third-order valence-corrected chi connectivity index (χ3v) is 10.5. The number of likely N-dealkylation sites (tertiary alicyclic amines) is 1. The highest BCUT2D eigenvalue weighted by Gasteiger charge is 2.47. The van der Waals surface area contributed by atoms with Crippen molar-refractivity contribution in [3.63, 3.8) is 0 Å². The van der Waals surface area contributed by atoms with Gasteiger partial charge in [0, 0.05) is 66.3 Å². The second kappa shape index (κ2) is 10.0. The van der Waals surface area contributed by atoms with Crippen LogP contribution in [0.4, 0.5) is 0 Å². The molecule has 3 atom stereocenters. The van der Waals surface area contributed by atoms with E-state index in [-0.39, 0.29) is 18.0 Å². The summed E-state index contributed by atoms with van der Waals surface area (Å²) in [5.74, 6) is 2.40. The lowest BCUT2D eigenvalue weighted by Gasteiger charge is -2.27. The standard InChI is InChI=1S/C36H35N7O3/c1-40-33-27(15-25(17-31(33)46-2)36(44)42-19-24-9-12-29(42)32(24)37)39-35(40)30-16-23-7-10-26(38-34(23)41(30)18-20-5-6-20)21-8-11-28-22(14-21)4-3-13-43(28)45/h3-4,7-8,10-11,13-17,20,24,29,32H,5-6,9,12,18-19,37H2,1-2H3/t24?,29?,32-/m1/s1. The molecule has 6 aromatic rings. The van der Waals surface area contributed by atoms with Gasteiger partial charge in [-0.15, -0.1) is 0 Å². The quantitative estimate of drug-likeness (QED) is 0.208. The van der Waals surface area contributed by atoms with Crippen LogP contribution < -0.4 is 15.2 Å². The first-order chi connectivity index (χ1) is 22.4. The molecule has 3 fully saturated rings. The van der Waals surface area contributed by atoms with E-state index >= 15 is 0 Å². The lowest BCUT2D eigenvalue weighted by molar-refractivity contribution is -0.577. The van der Waals surface area contributed by atoms with Crippen molar-refractivity contribution in [1.82, 2.24) is 24.0 Å². The van der Waals surface area contributed by atoms with Crippen LogP contribution in [0.2, 0.25) is 0 Å². The molecule has 0 radical (unpaired) electrons. The zero-order valence-electron chi connectivity index (χ0n) is 25.9. The second-order valence-electron chi connectivity index (χ2n) is 13.3. The summed E-state index contributed by atoms with van der Waals surface area (Å²) in [7, 11) is 3.64. The zero-order chi connectivity index (χ0) is 31.3. The molecule has 232 valence electrons. The van der Waals surface area contributed by atoms with E-state index in [1.807, 2.05) is 54.4 Å². The molecule has 10 heteroatoms. The van der Waals surface area contributed by atoms with E-state index in [0.29, 0.717) is 35.2 Å². The van der Waals surface area contributed by atoms with E-state index in [9.17, 15) is 10.0 Å². The molecule has 1 amide bonds. The molecular weight excluding hydrogens is 578 g/mol. The molecule has 1 saturated heterocycles. The lowest BCUT2D eigenvalue weighted by Crippen LogP contribution is -2.41. The molecule has 4 aromatic heterocycles. The average molecular weight is 614 g/mol. The maximum atomic E-state index is 13.7. The second-order valence-corrected chi connectivity index (χ2v) is 13.3. The van der Waals surface area contributed by atoms with E-state index in [0.717, 1.165) is 74.3 Å². The number of carbonyl (C=O) groups excluding carboxylic acids is 1. The van der Waals surface area contributed by atoms with Crippen molar-refractivity contribution in [1.29, 1.82) is 0 Å². The minimum atomic E-state index is -0.00612. The molecule has 0 spiro atoms. The number of nitrogens with two attached hydrogens (primary N) is 1. The number of nitrogens with zero attached hydrogens (tertiary/aromatic N) is 6. The maximum absolute atomic E-state index is 13.7. The Morgan fingerprint density at radius 1 is 1.04 bits per heavy atom. The Hall–Kier alpha value is -4.96. The molecule has 9 rings (SSSR count). The van der Waals surface area contributed by atoms with Crippen molar-refractivity contribution < 1.29 is 14.3 Å². The SMILES string of the molecule is COc1cc(C(=O)N2CC3CCC2[C@@H]3N)cc2nc(-c3cc4ccc(-c5ccc6c(ccc[n+]6[O-])c5)nc4n3CC3CC3)n(C)c12. The van der Waals surface area contributed by atoms with Crippen LogP contribution >= 0.6 is 0 Å². The van der Waals surface area contributed by atoms with Crippen LogP contribution in [0.25, 0.3) is 55.7 Å². The van der Waals surface area contributed by atoms with Gasteiger partial charge in [-0.3, -0.25) is 4.79 Å². The van der Waals surface area contributed by atoms with Gasteiger partial charge in [-0.05, 0) is 86.1 Å². The summed E-state index contributed by atoms with van der Waals surface area (Å²) in [6, 6.07) is 19.8. The number of piperidine rings is 1. The highest BCUT2D eigenvalue weighted by Crippen LogP contribution is 2.40. The molecule has 2 N–H and O–H groups in total. The fraction of sp³-hybridized carbons (Fsp3) is 0.333. The number of hydrogen-bond acceptors (Lipinski definition) is 6. The number of pyridine rings is 2. The smallest absolute Gasteiger partial charge is 0.254 e. The van der Waals surface area contributed by atoms with E-state index in [1.165, 1.54) is 19.0 Å². The highest BCUT2D eigenvalue weighted by atomic mass is 16.5. The van der Waals surface area contributed by atoms with Gasteiger partial charge in [0.05, 0.1) is 24.0 Å². The number of aromatic nitrogens is 5. The molecule has 2 saturated carbocycles. The molecule has 1 aliphatic heterocycles. The number of aryl methyl sites for hydroxylation is 1. The number of rotatable bonds is 6. The van der Waals surface area contributed by atoms with Crippen LogP contribution in [-0.4, -0.2) is 55.6 Å². The normalized spacial score (nSPS) is 20.8. The van der Waals surface area contributed by atoms with Gasteiger partial charge in [-0.2, -0.15) is 4.73 Å². The molecule has 2 aromatic carbocycles. The summed E-state index contributed by atoms with van der Waals surface area (Å²) in [6.45, 7) is 1.57. The van der Waals surface area contributed by atoms with Crippen molar-refractivity contribution in [2.75, 3.05) is 13.7 Å². The largest absolute Gasteiger partial charge is 0.618 e. The number of imidazole rings is 1. The molecule has 2 bridgehead atoms. The molecule has 46 heavy (non-hydrogen) atoms. The van der Waals surface area contributed by atoms with Gasteiger partial charge in [0.2, 0.25) is 5.52 Å². The van der Waals surface area contributed by atoms with E-state index in [4.69, 9.17) is 20.4 Å². The van der Waals surface area contributed by atoms with Crippen molar-refractivity contribution in [3.05, 3.63) is 77.6 Å². The van der Waals surface area contributed by atoms with Crippen LogP contribution in [0.15, 0.2) is 66.9 Å². The third-order valence-electron chi connectivity index (χ3n) is 10.5. The lowest BCUT2D eigenvalue weighted by atomic mass is 10.1. The Morgan fingerprint density at radius 2 is 1.91 bits per heavy atom. The summed E-state index contributed by atoms with van der Waals surface area (Å²) >= 11 is 0. The maximum Gasteiger partial charge on any atom is 0.254 e. The van der Waals surface area contributed by atoms with Gasteiger partial charge in [0.1, 0.15) is 16.9 Å². The summed E-state index contributed by atoms with van der Waals surface area (Å²) in [4.78, 5) is 26.0. The van der Waals surface area contributed by atoms with Crippen molar-refractivity contribution >= 4 is 38.9 Å². The first kappa shape index (κ1) is 27.4. The van der Waals surface area contributed by atoms with Crippen LogP contribution in [0.1, 0.15) is 36.0 Å². The number of methoxy groups -OCH3 is 1. The van der Waals surface area contributed by atoms with Gasteiger partial charge < -0.3 is 29.7 Å². The van der Waals surface area contributed by atoms with Crippen molar-refractivity contribution in [2.45, 2.75) is 44.3 Å². The van der Waals surface area contributed by atoms with Crippen LogP contribution in [0, 0.1) is 17.0 Å². The fourth-order valence-corrected chi connectivity index (χ4v) is 7.84. The molecule has 10 nitrogen and oxygen atoms in total. The number of benzene rings is 2. The highest BCUT2D eigenvalue weighted by molar-refractivity contribution is 6.00. The summed E-state index contributed by atoms with van der Waals surface area (Å²) < 4.78 is 11.1. The third kappa shape index (κ3) is 4.12. The predicted molar refractivity (Wildman–Crippen MR) is 176 cm³/mol. The first-order valence-electron chi connectivity index (χ1n) is 16.1. The van der Waals surface area contributed by atoms with Crippen LogP contribution in [0.5, 0.6) is 5.75 Å². The monoisotopic (exact) mass is 613 g/mol. The van der Waals surface area contributed by atoms with E-state index in [2.05, 4.69) is 21.3 Å². The number of fused-ring (bicyclic) bond motifs is 5. The molecule has 2 aliphatic carbocycles. The molecule has 3 aliphatic rings. The summed E-state index contributed by atoms with van der Waals surface area (Å²) in [5, 5.41) is 14.1. The van der Waals surface area contributed by atoms with Gasteiger partial charge in [-0.25, -0.2) is 9.97 Å². The van der Waals surface area contributed by atoms with Crippen LogP contribution in [-0.2, 0) is 13.6 Å². The van der Waals surface area contributed by atoms with Crippen molar-refractivity contribution in [2.24, 2.45) is 24.6 Å². The minimum Gasteiger partial charge on any atom is -0.618 e. The zero-order valence-corrected chi connectivity index (χ0v) is 25.9. The first-order valence-corrected chi connectivity index (χ1v) is 16.1. The van der Waals surface area contributed by atoms with Crippen LogP contribution in [0.3, 0.4) is 0 Å². The Bertz CT molecular complexity index is 2210.